The molecule has 0 unspecified atom stereocenters. The van der Waals surface area contributed by atoms with Gasteiger partial charge in [-0.3, -0.25) is 9.69 Å². The predicted octanol–water partition coefficient (Wildman–Crippen LogP) is 2.64. The van der Waals surface area contributed by atoms with Crippen molar-refractivity contribution in [1.82, 2.24) is 24.6 Å². The molecule has 1 atom stereocenters. The average Bonchev–Trinajstić information content (AvgIpc) is 3.32. The molecule has 2 fully saturated rings. The Kier molecular flexibility index (Phi) is 5.20. The van der Waals surface area contributed by atoms with Crippen molar-refractivity contribution in [1.29, 1.82) is 0 Å². The van der Waals surface area contributed by atoms with Gasteiger partial charge in [-0.2, -0.15) is 5.10 Å². The van der Waals surface area contributed by atoms with E-state index in [0.717, 1.165) is 81.6 Å². The Morgan fingerprint density at radius 3 is 2.85 bits per heavy atom. The van der Waals surface area contributed by atoms with Gasteiger partial charge < -0.3 is 4.90 Å². The molecule has 4 rings (SSSR count). The highest BCUT2D eigenvalue weighted by molar-refractivity contribution is 5.78. The van der Waals surface area contributed by atoms with Crippen molar-refractivity contribution in [2.24, 2.45) is 0 Å². The van der Waals surface area contributed by atoms with Crippen molar-refractivity contribution in [3.8, 4) is 0 Å². The van der Waals surface area contributed by atoms with Gasteiger partial charge in [0.25, 0.3) is 0 Å². The van der Waals surface area contributed by atoms with Crippen LogP contribution in [0.25, 0.3) is 11.0 Å². The van der Waals surface area contributed by atoms with E-state index in [-0.39, 0.29) is 0 Å². The summed E-state index contributed by atoms with van der Waals surface area (Å²) in [5.41, 5.74) is 2.14. The van der Waals surface area contributed by atoms with Crippen LogP contribution < -0.4 is 0 Å². The fourth-order valence-corrected chi connectivity index (χ4v) is 4.27. The summed E-state index contributed by atoms with van der Waals surface area (Å²) in [4.78, 5) is 21.8. The predicted molar refractivity (Wildman–Crippen MR) is 102 cm³/mol. The van der Waals surface area contributed by atoms with Gasteiger partial charge in [0.1, 0.15) is 0 Å². The van der Waals surface area contributed by atoms with Crippen LogP contribution in [0.15, 0.2) is 18.3 Å². The number of hydrogen-bond donors (Lipinski definition) is 0. The molecule has 0 bridgehead atoms. The summed E-state index contributed by atoms with van der Waals surface area (Å²) >= 11 is 0. The molecule has 2 aliphatic heterocycles. The minimum atomic E-state index is 0.299. The minimum Gasteiger partial charge on any atom is -0.342 e. The number of pyridine rings is 1. The Balaban J connectivity index is 1.46. The first kappa shape index (κ1) is 17.5. The smallest absolute Gasteiger partial charge is 0.236 e. The Morgan fingerprint density at radius 2 is 2.04 bits per heavy atom. The average molecular weight is 355 g/mol. The van der Waals surface area contributed by atoms with Gasteiger partial charge in [0, 0.05) is 43.2 Å². The molecule has 0 N–H and O–H groups in total. The van der Waals surface area contributed by atoms with Crippen LogP contribution in [0.2, 0.25) is 0 Å². The lowest BCUT2D eigenvalue weighted by molar-refractivity contribution is -0.131. The molecular formula is C20H29N5O. The van der Waals surface area contributed by atoms with Crippen molar-refractivity contribution < 1.29 is 4.79 Å². The molecule has 0 aromatic carbocycles. The maximum absolute atomic E-state index is 12.5. The number of amides is 1. The highest BCUT2D eigenvalue weighted by atomic mass is 16.2. The first-order chi connectivity index (χ1) is 12.7. The quantitative estimate of drug-likeness (QED) is 0.827. The van der Waals surface area contributed by atoms with Crippen molar-refractivity contribution in [3.63, 3.8) is 0 Å². The van der Waals surface area contributed by atoms with E-state index in [9.17, 15) is 4.79 Å². The minimum absolute atomic E-state index is 0.299. The number of aromatic nitrogens is 3. The highest BCUT2D eigenvalue weighted by Crippen LogP contribution is 2.27. The van der Waals surface area contributed by atoms with Crippen LogP contribution in [0.4, 0.5) is 0 Å². The Labute approximate surface area is 155 Å². The summed E-state index contributed by atoms with van der Waals surface area (Å²) in [6, 6.07) is 4.29. The number of carbonyl (C=O) groups is 1. The van der Waals surface area contributed by atoms with Gasteiger partial charge in [0.15, 0.2) is 5.65 Å². The van der Waals surface area contributed by atoms with E-state index in [1.807, 2.05) is 15.8 Å². The molecule has 0 radical (unpaired) electrons. The van der Waals surface area contributed by atoms with E-state index in [2.05, 4.69) is 29.1 Å². The van der Waals surface area contributed by atoms with Crippen molar-refractivity contribution in [3.05, 3.63) is 24.0 Å². The maximum atomic E-state index is 12.5. The largest absolute Gasteiger partial charge is 0.342 e. The number of piperidine rings is 1. The molecule has 6 nitrogen and oxygen atoms in total. The van der Waals surface area contributed by atoms with Gasteiger partial charge >= 0.3 is 0 Å². The Morgan fingerprint density at radius 1 is 1.19 bits per heavy atom. The zero-order chi connectivity index (χ0) is 17.9. The van der Waals surface area contributed by atoms with Crippen LogP contribution >= 0.6 is 0 Å². The van der Waals surface area contributed by atoms with Crippen molar-refractivity contribution >= 4 is 16.9 Å². The van der Waals surface area contributed by atoms with Crippen molar-refractivity contribution in [2.45, 2.75) is 51.5 Å². The van der Waals surface area contributed by atoms with Crippen molar-refractivity contribution in [2.75, 3.05) is 32.7 Å². The third kappa shape index (κ3) is 3.61. The highest BCUT2D eigenvalue weighted by Gasteiger charge is 2.26. The van der Waals surface area contributed by atoms with Crippen LogP contribution in [-0.4, -0.2) is 63.2 Å². The lowest BCUT2D eigenvalue weighted by Crippen LogP contribution is -2.43. The summed E-state index contributed by atoms with van der Waals surface area (Å²) in [7, 11) is 0. The van der Waals surface area contributed by atoms with E-state index >= 15 is 0 Å². The summed E-state index contributed by atoms with van der Waals surface area (Å²) < 4.78 is 2.01. The lowest BCUT2D eigenvalue weighted by atomic mass is 9.94. The molecule has 2 aromatic heterocycles. The molecule has 0 aliphatic carbocycles. The fourth-order valence-electron chi connectivity index (χ4n) is 4.27. The maximum Gasteiger partial charge on any atom is 0.236 e. The zero-order valence-corrected chi connectivity index (χ0v) is 15.7. The monoisotopic (exact) mass is 355 g/mol. The van der Waals surface area contributed by atoms with Gasteiger partial charge in [-0.05, 0) is 50.8 Å². The summed E-state index contributed by atoms with van der Waals surface area (Å²) in [5, 5.41) is 5.57. The molecule has 0 saturated carbocycles. The summed E-state index contributed by atoms with van der Waals surface area (Å²) in [6.45, 7) is 7.46. The first-order valence-electron chi connectivity index (χ1n) is 10.1. The zero-order valence-electron chi connectivity index (χ0n) is 15.7. The van der Waals surface area contributed by atoms with Gasteiger partial charge in [-0.15, -0.1) is 0 Å². The number of nitrogens with zero attached hydrogens (tertiary/aromatic N) is 5. The van der Waals surface area contributed by atoms with E-state index in [1.165, 1.54) is 0 Å². The van der Waals surface area contributed by atoms with E-state index in [1.54, 1.807) is 0 Å². The Hall–Kier alpha value is -1.95. The number of hydrogen-bond acceptors (Lipinski definition) is 4. The van der Waals surface area contributed by atoms with Crippen LogP contribution in [0.3, 0.4) is 0 Å². The standard InChI is InChI=1S/C20H29N5O/c1-2-9-25-20-16(13-21-25)7-8-18(22-20)17-6-5-10-23(14-17)15-19(26)24-11-3-4-12-24/h7-8,13,17H,2-6,9-12,14-15H2,1H3/t17-/m1/s1. The molecule has 26 heavy (non-hydrogen) atoms. The third-order valence-electron chi connectivity index (χ3n) is 5.68. The number of likely N-dealkylation sites (tertiary alicyclic amines) is 2. The second kappa shape index (κ2) is 7.74. The molecule has 1 amide bonds. The number of rotatable bonds is 5. The van der Waals surface area contributed by atoms with Crippen LogP contribution in [0.5, 0.6) is 0 Å². The fraction of sp³-hybridized carbons (Fsp3) is 0.650. The molecule has 2 saturated heterocycles. The second-order valence-corrected chi connectivity index (χ2v) is 7.68. The van der Waals surface area contributed by atoms with Crippen LogP contribution in [0, 0.1) is 0 Å². The lowest BCUT2D eigenvalue weighted by Gasteiger charge is -2.33. The first-order valence-corrected chi connectivity index (χ1v) is 10.1. The van der Waals surface area contributed by atoms with Gasteiger partial charge in [-0.1, -0.05) is 6.92 Å². The van der Waals surface area contributed by atoms with Gasteiger partial charge in [-0.25, -0.2) is 9.67 Å². The second-order valence-electron chi connectivity index (χ2n) is 7.68. The molecule has 2 aromatic rings. The number of aryl methyl sites for hydroxylation is 1. The summed E-state index contributed by atoms with van der Waals surface area (Å²) in [6.07, 6.45) is 7.55. The number of fused-ring (bicyclic) bond motifs is 1. The molecule has 4 heterocycles. The van der Waals surface area contributed by atoms with E-state index in [0.29, 0.717) is 18.4 Å². The number of carbonyl (C=O) groups excluding carboxylic acids is 1. The Bertz CT molecular complexity index is 765. The third-order valence-corrected chi connectivity index (χ3v) is 5.68. The van der Waals surface area contributed by atoms with Crippen LogP contribution in [0.1, 0.15) is 50.6 Å². The van der Waals surface area contributed by atoms with E-state index in [4.69, 9.17) is 4.98 Å². The van der Waals surface area contributed by atoms with Crippen LogP contribution in [-0.2, 0) is 11.3 Å². The molecular weight excluding hydrogens is 326 g/mol. The topological polar surface area (TPSA) is 54.3 Å². The van der Waals surface area contributed by atoms with Gasteiger partial charge in [0.2, 0.25) is 5.91 Å². The van der Waals surface area contributed by atoms with Gasteiger partial charge in [0.05, 0.1) is 12.7 Å². The molecule has 0 spiro atoms. The van der Waals surface area contributed by atoms with E-state index < -0.39 is 0 Å². The molecule has 140 valence electrons. The SMILES string of the molecule is CCCn1ncc2ccc([C@@H]3CCCN(CC(=O)N4CCCC4)C3)nc21. The summed E-state index contributed by atoms with van der Waals surface area (Å²) in [5.74, 6) is 0.706. The molecule has 6 heteroatoms. The molecule has 2 aliphatic rings. The normalized spacial score (nSPS) is 21.6.